The molecule has 1 aromatic carbocycles. The monoisotopic (exact) mass is 331 g/mol. The lowest BCUT2D eigenvalue weighted by Crippen LogP contribution is -2.35. The summed E-state index contributed by atoms with van der Waals surface area (Å²) in [6.07, 6.45) is 4.39. The third-order valence-electron chi connectivity index (χ3n) is 4.01. The number of hydrogen-bond acceptors (Lipinski definition) is 4. The minimum Gasteiger partial charge on any atom is -0.340 e. The minimum atomic E-state index is -3.41. The van der Waals surface area contributed by atoms with Gasteiger partial charge in [0.05, 0.1) is 0 Å². The minimum absolute atomic E-state index is 0.258. The number of piperidine rings is 1. The lowest BCUT2D eigenvalue weighted by molar-refractivity contribution is 0.346. The van der Waals surface area contributed by atoms with Crippen LogP contribution in [0.25, 0.3) is 0 Å². The van der Waals surface area contributed by atoms with Crippen LogP contribution in [0.2, 0.25) is 0 Å². The van der Waals surface area contributed by atoms with Gasteiger partial charge in [-0.3, -0.25) is 0 Å². The van der Waals surface area contributed by atoms with Crippen LogP contribution in [-0.4, -0.2) is 30.8 Å². The van der Waals surface area contributed by atoms with Crippen molar-refractivity contribution in [3.8, 4) is 0 Å². The molecule has 0 unspecified atom stereocenters. The molecule has 6 heteroatoms. The molecular formula is C17H21N3O2S. The molecule has 2 heterocycles. The summed E-state index contributed by atoms with van der Waals surface area (Å²) in [7, 11) is -3.41. The number of nitrogens with one attached hydrogen (secondary N) is 1. The second kappa shape index (κ2) is 6.68. The first-order valence-electron chi connectivity index (χ1n) is 7.86. The van der Waals surface area contributed by atoms with E-state index < -0.39 is 10.0 Å². The predicted molar refractivity (Wildman–Crippen MR) is 91.3 cm³/mol. The third kappa shape index (κ3) is 3.71. The molecule has 1 aromatic heterocycles. The molecule has 122 valence electrons. The van der Waals surface area contributed by atoms with Gasteiger partial charge in [0.25, 0.3) is 0 Å². The third-order valence-corrected chi connectivity index (χ3v) is 5.90. The molecule has 1 aliphatic heterocycles. The van der Waals surface area contributed by atoms with E-state index in [-0.39, 0.29) is 4.90 Å². The highest BCUT2D eigenvalue weighted by molar-refractivity contribution is 7.89. The summed E-state index contributed by atoms with van der Waals surface area (Å²) in [4.78, 5) is 4.50. The molecule has 1 N–H and O–H groups in total. The van der Waals surface area contributed by atoms with E-state index in [0.29, 0.717) is 18.9 Å². The number of hydrogen-bond donors (Lipinski definition) is 1. The van der Waals surface area contributed by atoms with Gasteiger partial charge in [0.1, 0.15) is 10.7 Å². The SMILES string of the molecule is Cc1ccc(Nc2ccc(S(=O)(=O)N3CCCCC3)cn2)cc1. The van der Waals surface area contributed by atoms with Crippen LogP contribution < -0.4 is 5.32 Å². The van der Waals surface area contributed by atoms with E-state index in [1.54, 1.807) is 16.4 Å². The van der Waals surface area contributed by atoms with Gasteiger partial charge in [-0.2, -0.15) is 4.31 Å². The number of nitrogens with zero attached hydrogens (tertiary/aromatic N) is 2. The fourth-order valence-corrected chi connectivity index (χ4v) is 4.11. The largest absolute Gasteiger partial charge is 0.340 e. The molecule has 0 radical (unpaired) electrons. The van der Waals surface area contributed by atoms with E-state index >= 15 is 0 Å². The number of sulfonamides is 1. The number of aryl methyl sites for hydroxylation is 1. The molecule has 0 aliphatic carbocycles. The molecule has 1 fully saturated rings. The Hall–Kier alpha value is -1.92. The van der Waals surface area contributed by atoms with Crippen molar-refractivity contribution in [3.05, 3.63) is 48.2 Å². The molecule has 0 spiro atoms. The van der Waals surface area contributed by atoms with Crippen LogP contribution in [0.1, 0.15) is 24.8 Å². The zero-order valence-electron chi connectivity index (χ0n) is 13.2. The number of benzene rings is 1. The van der Waals surface area contributed by atoms with Crippen LogP contribution in [-0.2, 0) is 10.0 Å². The molecule has 1 saturated heterocycles. The van der Waals surface area contributed by atoms with Crippen molar-refractivity contribution in [1.29, 1.82) is 0 Å². The van der Waals surface area contributed by atoms with Crippen molar-refractivity contribution in [1.82, 2.24) is 9.29 Å². The summed E-state index contributed by atoms with van der Waals surface area (Å²) < 4.78 is 26.7. The number of pyridine rings is 1. The summed E-state index contributed by atoms with van der Waals surface area (Å²) in [6, 6.07) is 11.3. The van der Waals surface area contributed by atoms with Crippen LogP contribution in [0.5, 0.6) is 0 Å². The van der Waals surface area contributed by atoms with Gasteiger partial charge in [0, 0.05) is 25.0 Å². The van der Waals surface area contributed by atoms with Crippen LogP contribution >= 0.6 is 0 Å². The lowest BCUT2D eigenvalue weighted by atomic mass is 10.2. The van der Waals surface area contributed by atoms with Gasteiger partial charge >= 0.3 is 0 Å². The van der Waals surface area contributed by atoms with E-state index in [0.717, 1.165) is 24.9 Å². The highest BCUT2D eigenvalue weighted by Gasteiger charge is 2.26. The Labute approximate surface area is 137 Å². The summed E-state index contributed by atoms with van der Waals surface area (Å²) in [6.45, 7) is 3.24. The predicted octanol–water partition coefficient (Wildman–Crippen LogP) is 3.31. The Balaban J connectivity index is 1.74. The Bertz CT molecular complexity index is 749. The van der Waals surface area contributed by atoms with Crippen LogP contribution in [0, 0.1) is 6.92 Å². The smallest absolute Gasteiger partial charge is 0.244 e. The maximum atomic E-state index is 12.6. The van der Waals surface area contributed by atoms with Crippen molar-refractivity contribution < 1.29 is 8.42 Å². The zero-order chi connectivity index (χ0) is 16.3. The van der Waals surface area contributed by atoms with Gasteiger partial charge in [-0.1, -0.05) is 24.1 Å². The maximum absolute atomic E-state index is 12.6. The van der Waals surface area contributed by atoms with Crippen molar-refractivity contribution in [3.63, 3.8) is 0 Å². The van der Waals surface area contributed by atoms with Crippen LogP contribution in [0.15, 0.2) is 47.5 Å². The van der Waals surface area contributed by atoms with E-state index in [4.69, 9.17) is 0 Å². The second-order valence-corrected chi connectivity index (χ2v) is 7.77. The van der Waals surface area contributed by atoms with E-state index in [1.807, 2.05) is 31.2 Å². The number of rotatable bonds is 4. The summed E-state index contributed by atoms with van der Waals surface area (Å²) in [5, 5.41) is 3.17. The molecule has 0 bridgehead atoms. The molecule has 2 aromatic rings. The molecule has 0 atom stereocenters. The van der Waals surface area contributed by atoms with E-state index in [1.165, 1.54) is 11.8 Å². The average molecular weight is 331 g/mol. The first kappa shape index (κ1) is 16.0. The molecule has 0 amide bonds. The highest BCUT2D eigenvalue weighted by Crippen LogP contribution is 2.22. The lowest BCUT2D eigenvalue weighted by Gasteiger charge is -2.25. The normalized spacial score (nSPS) is 16.2. The highest BCUT2D eigenvalue weighted by atomic mass is 32.2. The fourth-order valence-electron chi connectivity index (χ4n) is 2.65. The van der Waals surface area contributed by atoms with E-state index in [9.17, 15) is 8.42 Å². The fraction of sp³-hybridized carbons (Fsp3) is 0.353. The van der Waals surface area contributed by atoms with Gasteiger partial charge in [0.2, 0.25) is 10.0 Å². The quantitative estimate of drug-likeness (QED) is 0.933. The number of anilines is 2. The second-order valence-electron chi connectivity index (χ2n) is 5.83. The number of aromatic nitrogens is 1. The molecule has 3 rings (SSSR count). The summed E-state index contributed by atoms with van der Waals surface area (Å²) >= 11 is 0. The van der Waals surface area contributed by atoms with Crippen molar-refractivity contribution in [2.45, 2.75) is 31.1 Å². The first-order valence-corrected chi connectivity index (χ1v) is 9.30. The Morgan fingerprint density at radius 2 is 1.70 bits per heavy atom. The van der Waals surface area contributed by atoms with Crippen LogP contribution in [0.3, 0.4) is 0 Å². The molecule has 23 heavy (non-hydrogen) atoms. The van der Waals surface area contributed by atoms with Gasteiger partial charge in [-0.25, -0.2) is 13.4 Å². The van der Waals surface area contributed by atoms with Gasteiger partial charge in [-0.15, -0.1) is 0 Å². The average Bonchev–Trinajstić information content (AvgIpc) is 2.58. The maximum Gasteiger partial charge on any atom is 0.244 e. The van der Waals surface area contributed by atoms with Crippen molar-refractivity contribution >= 4 is 21.5 Å². The molecule has 5 nitrogen and oxygen atoms in total. The Morgan fingerprint density at radius 3 is 2.30 bits per heavy atom. The van der Waals surface area contributed by atoms with E-state index in [2.05, 4.69) is 10.3 Å². The van der Waals surface area contributed by atoms with Gasteiger partial charge < -0.3 is 5.32 Å². The zero-order valence-corrected chi connectivity index (χ0v) is 14.0. The van der Waals surface area contributed by atoms with Crippen LogP contribution in [0.4, 0.5) is 11.5 Å². The summed E-state index contributed by atoms with van der Waals surface area (Å²) in [5.74, 6) is 0.631. The molecule has 1 aliphatic rings. The topological polar surface area (TPSA) is 62.3 Å². The standard InChI is InChI=1S/C17H21N3O2S/c1-14-5-7-15(8-6-14)19-17-10-9-16(13-18-17)23(21,22)20-11-3-2-4-12-20/h5-10,13H,2-4,11-12H2,1H3,(H,18,19). The Morgan fingerprint density at radius 1 is 1.00 bits per heavy atom. The first-order chi connectivity index (χ1) is 11.1. The molecule has 0 saturated carbocycles. The van der Waals surface area contributed by atoms with Gasteiger partial charge in [0.15, 0.2) is 0 Å². The van der Waals surface area contributed by atoms with Gasteiger partial charge in [-0.05, 0) is 44.0 Å². The van der Waals surface area contributed by atoms with Crippen molar-refractivity contribution in [2.75, 3.05) is 18.4 Å². The molecular weight excluding hydrogens is 310 g/mol. The Kier molecular flexibility index (Phi) is 4.63. The summed E-state index contributed by atoms with van der Waals surface area (Å²) in [5.41, 5.74) is 2.11. The van der Waals surface area contributed by atoms with Crippen molar-refractivity contribution in [2.24, 2.45) is 0 Å².